The Hall–Kier alpha value is -2.86. The van der Waals surface area contributed by atoms with Crippen molar-refractivity contribution in [2.75, 3.05) is 6.54 Å². The van der Waals surface area contributed by atoms with Crippen LogP contribution < -0.4 is 5.73 Å². The number of nitrogens with one attached hydrogen (secondary N) is 1. The Morgan fingerprint density at radius 2 is 1.96 bits per heavy atom. The molecule has 0 aliphatic rings. The van der Waals surface area contributed by atoms with Crippen molar-refractivity contribution < 1.29 is 14.8 Å². The van der Waals surface area contributed by atoms with E-state index in [2.05, 4.69) is 4.98 Å². The highest BCUT2D eigenvalue weighted by atomic mass is 16.5. The minimum absolute atomic E-state index is 0.0424. The van der Waals surface area contributed by atoms with Gasteiger partial charge in [0.2, 0.25) is 0 Å². The number of carbonyl (C=O) groups excluding carboxylic acids is 2. The van der Waals surface area contributed by atoms with E-state index >= 15 is 0 Å². The number of rotatable bonds is 4. The molecular weight excluding hydrogens is 294 g/mol. The Morgan fingerprint density at radius 3 is 2.65 bits per heavy atom. The molecule has 0 saturated heterocycles. The summed E-state index contributed by atoms with van der Waals surface area (Å²) >= 11 is 0. The Kier molecular flexibility index (Phi) is 3.75. The molecule has 0 spiro atoms. The van der Waals surface area contributed by atoms with E-state index in [0.717, 1.165) is 27.4 Å². The molecule has 6 nitrogen and oxygen atoms in total. The largest absolute Gasteiger partial charge is 0.354 e. The molecule has 0 radical (unpaired) electrons. The van der Waals surface area contributed by atoms with E-state index in [9.17, 15) is 14.8 Å². The first-order valence-electron chi connectivity index (χ1n) is 7.27. The van der Waals surface area contributed by atoms with E-state index in [1.54, 1.807) is 6.07 Å². The predicted octanol–water partition coefficient (Wildman–Crippen LogP) is 2.84. The minimum Gasteiger partial charge on any atom is -0.354 e. The number of amides is 2. The second-order valence-electron chi connectivity index (χ2n) is 5.50. The fourth-order valence-electron chi connectivity index (χ4n) is 2.78. The van der Waals surface area contributed by atoms with Crippen molar-refractivity contribution >= 4 is 33.6 Å². The lowest BCUT2D eigenvalue weighted by atomic mass is 10.0. The highest BCUT2D eigenvalue weighted by molar-refractivity contribution is 6.15. The number of aromatic nitrogens is 1. The van der Waals surface area contributed by atoms with Gasteiger partial charge in [-0.05, 0) is 37.1 Å². The maximum atomic E-state index is 12.0. The van der Waals surface area contributed by atoms with Gasteiger partial charge in [-0.3, -0.25) is 10.0 Å². The van der Waals surface area contributed by atoms with Gasteiger partial charge in [-0.25, -0.2) is 9.86 Å². The van der Waals surface area contributed by atoms with Crippen LogP contribution in [0.5, 0.6) is 0 Å². The number of fused-ring (bicyclic) bond motifs is 3. The molecule has 0 aliphatic heterocycles. The zero-order valence-electron chi connectivity index (χ0n) is 12.7. The van der Waals surface area contributed by atoms with Crippen LogP contribution in [0.1, 0.15) is 22.8 Å². The van der Waals surface area contributed by atoms with Crippen molar-refractivity contribution in [3.63, 3.8) is 0 Å². The molecule has 0 unspecified atom stereocenters. The normalized spacial score (nSPS) is 11.0. The number of carbonyl (C=O) groups is 2. The summed E-state index contributed by atoms with van der Waals surface area (Å²) in [6, 6.07) is 10.7. The molecule has 3 aromatic rings. The first kappa shape index (κ1) is 15.1. The van der Waals surface area contributed by atoms with Crippen LogP contribution in [-0.4, -0.2) is 33.6 Å². The standard InChI is InChI=1S/C17H17N3O3/c1-10(21)13-8-11(6-7-20(23)17(18)22)9-14-12-4-2-3-5-15(12)19-16(13)14/h2-5,8-9,19,23H,6-7H2,1H3,(H2,18,22). The molecule has 0 bridgehead atoms. The first-order chi connectivity index (χ1) is 11.0. The molecule has 0 atom stereocenters. The highest BCUT2D eigenvalue weighted by Gasteiger charge is 2.14. The molecule has 23 heavy (non-hydrogen) atoms. The number of hydroxylamine groups is 2. The number of nitrogens with two attached hydrogens (primary N) is 1. The summed E-state index contributed by atoms with van der Waals surface area (Å²) in [6.45, 7) is 1.59. The third kappa shape index (κ3) is 2.76. The number of H-pyrrole nitrogens is 1. The molecule has 1 heterocycles. The molecule has 0 fully saturated rings. The van der Waals surface area contributed by atoms with Crippen molar-refractivity contribution in [1.82, 2.24) is 10.0 Å². The van der Waals surface area contributed by atoms with Crippen LogP contribution >= 0.6 is 0 Å². The van der Waals surface area contributed by atoms with Crippen LogP contribution in [0.15, 0.2) is 36.4 Å². The molecule has 6 heteroatoms. The molecular formula is C17H17N3O3. The van der Waals surface area contributed by atoms with Gasteiger partial charge >= 0.3 is 6.03 Å². The smallest absolute Gasteiger partial charge is 0.338 e. The lowest BCUT2D eigenvalue weighted by Gasteiger charge is -2.12. The summed E-state index contributed by atoms with van der Waals surface area (Å²) < 4.78 is 0. The van der Waals surface area contributed by atoms with Crippen molar-refractivity contribution in [3.05, 3.63) is 47.5 Å². The average Bonchev–Trinajstić information content (AvgIpc) is 2.90. The number of hydrogen-bond acceptors (Lipinski definition) is 3. The van der Waals surface area contributed by atoms with Crippen molar-refractivity contribution in [2.24, 2.45) is 5.73 Å². The van der Waals surface area contributed by atoms with Gasteiger partial charge in [0.25, 0.3) is 0 Å². The Balaban J connectivity index is 2.11. The molecule has 0 aliphatic carbocycles. The molecule has 0 saturated carbocycles. The number of urea groups is 1. The number of primary amides is 1. The van der Waals surface area contributed by atoms with E-state index in [4.69, 9.17) is 5.73 Å². The SMILES string of the molecule is CC(=O)c1cc(CCN(O)C(N)=O)cc2c1[nH]c1ccccc12. The maximum absolute atomic E-state index is 12.0. The summed E-state index contributed by atoms with van der Waals surface area (Å²) in [5.41, 5.74) is 8.22. The number of aromatic amines is 1. The third-order valence-corrected chi connectivity index (χ3v) is 3.92. The number of nitrogens with zero attached hydrogens (tertiary/aromatic N) is 1. The average molecular weight is 311 g/mol. The molecule has 118 valence electrons. The Labute approximate surface area is 132 Å². The van der Waals surface area contributed by atoms with Crippen molar-refractivity contribution in [2.45, 2.75) is 13.3 Å². The van der Waals surface area contributed by atoms with Gasteiger partial charge < -0.3 is 10.7 Å². The minimum atomic E-state index is -0.898. The summed E-state index contributed by atoms with van der Waals surface area (Å²) in [6.07, 6.45) is 0.398. The van der Waals surface area contributed by atoms with Crippen molar-refractivity contribution in [3.8, 4) is 0 Å². The summed E-state index contributed by atoms with van der Waals surface area (Å²) in [5, 5.41) is 11.8. The number of Topliss-reactive ketones (excluding diaryl/α,β-unsaturated/α-hetero) is 1. The lowest BCUT2D eigenvalue weighted by Crippen LogP contribution is -2.34. The molecule has 1 aromatic heterocycles. The van der Waals surface area contributed by atoms with E-state index in [-0.39, 0.29) is 12.3 Å². The maximum Gasteiger partial charge on any atom is 0.338 e. The number of benzene rings is 2. The van der Waals surface area contributed by atoms with Gasteiger partial charge in [0.05, 0.1) is 12.1 Å². The zero-order chi connectivity index (χ0) is 16.6. The second kappa shape index (κ2) is 5.73. The quantitative estimate of drug-likeness (QED) is 0.392. The summed E-state index contributed by atoms with van der Waals surface area (Å²) in [5.74, 6) is -0.0424. The molecule has 4 N–H and O–H groups in total. The highest BCUT2D eigenvalue weighted by Crippen LogP contribution is 2.29. The predicted molar refractivity (Wildman–Crippen MR) is 87.6 cm³/mol. The number of para-hydroxylation sites is 1. The monoisotopic (exact) mass is 311 g/mol. The van der Waals surface area contributed by atoms with Gasteiger partial charge in [-0.2, -0.15) is 0 Å². The molecule has 3 rings (SSSR count). The van der Waals surface area contributed by atoms with Crippen LogP contribution in [0.25, 0.3) is 21.8 Å². The van der Waals surface area contributed by atoms with Gasteiger partial charge in [-0.15, -0.1) is 0 Å². The topological polar surface area (TPSA) is 99.4 Å². The van der Waals surface area contributed by atoms with Gasteiger partial charge in [-0.1, -0.05) is 18.2 Å². The summed E-state index contributed by atoms with van der Waals surface area (Å²) in [4.78, 5) is 26.1. The van der Waals surface area contributed by atoms with Crippen LogP contribution in [0.3, 0.4) is 0 Å². The van der Waals surface area contributed by atoms with E-state index in [1.165, 1.54) is 6.92 Å². The van der Waals surface area contributed by atoms with Crippen LogP contribution in [0, 0.1) is 0 Å². The molecule has 2 aromatic carbocycles. The van der Waals surface area contributed by atoms with Crippen LogP contribution in [0.4, 0.5) is 4.79 Å². The van der Waals surface area contributed by atoms with Gasteiger partial charge in [0.1, 0.15) is 0 Å². The first-order valence-corrected chi connectivity index (χ1v) is 7.27. The van der Waals surface area contributed by atoms with E-state index < -0.39 is 6.03 Å². The molecule has 2 amide bonds. The fraction of sp³-hybridized carbons (Fsp3) is 0.176. The Bertz CT molecular complexity index is 914. The van der Waals surface area contributed by atoms with Crippen LogP contribution in [0.2, 0.25) is 0 Å². The van der Waals surface area contributed by atoms with Crippen molar-refractivity contribution in [1.29, 1.82) is 0 Å². The van der Waals surface area contributed by atoms with Gasteiger partial charge in [0.15, 0.2) is 5.78 Å². The Morgan fingerprint density at radius 1 is 1.22 bits per heavy atom. The fourth-order valence-corrected chi connectivity index (χ4v) is 2.78. The second-order valence-corrected chi connectivity index (χ2v) is 5.50. The zero-order valence-corrected chi connectivity index (χ0v) is 12.7. The van der Waals surface area contributed by atoms with Gasteiger partial charge in [0, 0.05) is 21.9 Å². The lowest BCUT2D eigenvalue weighted by molar-refractivity contribution is -0.0382. The van der Waals surface area contributed by atoms with E-state index in [1.807, 2.05) is 30.3 Å². The van der Waals surface area contributed by atoms with E-state index in [0.29, 0.717) is 17.0 Å². The van der Waals surface area contributed by atoms with Crippen LogP contribution in [-0.2, 0) is 6.42 Å². The number of ketones is 1. The number of hydrogen-bond donors (Lipinski definition) is 3. The summed E-state index contributed by atoms with van der Waals surface area (Å²) in [7, 11) is 0. The third-order valence-electron chi connectivity index (χ3n) is 3.92.